The molecule has 0 saturated heterocycles. The van der Waals surface area contributed by atoms with Gasteiger partial charge in [0.1, 0.15) is 11.9 Å². The maximum absolute atomic E-state index is 14.2. The van der Waals surface area contributed by atoms with Gasteiger partial charge in [0, 0.05) is 10.5 Å². The van der Waals surface area contributed by atoms with Crippen LogP contribution in [0.2, 0.25) is 0 Å². The van der Waals surface area contributed by atoms with Gasteiger partial charge in [0.25, 0.3) is 0 Å². The molecule has 1 N–H and O–H groups in total. The molecule has 2 rings (SSSR count). The first-order valence-corrected chi connectivity index (χ1v) is 6.93. The maximum atomic E-state index is 14.2. The summed E-state index contributed by atoms with van der Waals surface area (Å²) in [7, 11) is 0. The summed E-state index contributed by atoms with van der Waals surface area (Å²) in [5, 5.41) is 10.3. The molecule has 1 atom stereocenters. The number of aryl methyl sites for hydroxylation is 1. The van der Waals surface area contributed by atoms with E-state index in [1.807, 2.05) is 31.4 Å². The molecule has 1 unspecified atom stereocenters. The van der Waals surface area contributed by atoms with E-state index >= 15 is 0 Å². The number of aliphatic hydroxyl groups excluding tert-OH is 1. The van der Waals surface area contributed by atoms with Crippen LogP contribution >= 0.6 is 11.8 Å². The fraction of sp³-hybridized carbons (Fsp3) is 0.200. The lowest BCUT2D eigenvalue weighted by Gasteiger charge is -2.15. The lowest BCUT2D eigenvalue weighted by Crippen LogP contribution is -2.04. The Bertz CT molecular complexity index is 540. The van der Waals surface area contributed by atoms with Crippen LogP contribution in [0.5, 0.6) is 0 Å². The molecule has 0 aliphatic rings. The van der Waals surface area contributed by atoms with Gasteiger partial charge in [-0.2, -0.15) is 0 Å². The van der Waals surface area contributed by atoms with Crippen molar-refractivity contribution >= 4 is 11.8 Å². The van der Waals surface area contributed by atoms with Crippen molar-refractivity contribution in [2.45, 2.75) is 17.9 Å². The van der Waals surface area contributed by atoms with Crippen LogP contribution in [-0.4, -0.2) is 11.4 Å². The van der Waals surface area contributed by atoms with Crippen LogP contribution in [-0.2, 0) is 0 Å². The van der Waals surface area contributed by atoms with E-state index in [9.17, 15) is 9.50 Å². The Hall–Kier alpha value is -1.32. The van der Waals surface area contributed by atoms with Gasteiger partial charge in [0.2, 0.25) is 0 Å². The van der Waals surface area contributed by atoms with E-state index < -0.39 is 6.10 Å². The molecule has 0 aliphatic heterocycles. The van der Waals surface area contributed by atoms with E-state index in [-0.39, 0.29) is 5.82 Å². The second kappa shape index (κ2) is 5.55. The quantitative estimate of drug-likeness (QED) is 0.845. The first kappa shape index (κ1) is 13.1. The van der Waals surface area contributed by atoms with Crippen molar-refractivity contribution in [2.24, 2.45) is 0 Å². The fourth-order valence-corrected chi connectivity index (χ4v) is 2.53. The Morgan fingerprint density at radius 2 is 1.83 bits per heavy atom. The Kier molecular flexibility index (Phi) is 4.04. The van der Waals surface area contributed by atoms with Gasteiger partial charge < -0.3 is 5.11 Å². The summed E-state index contributed by atoms with van der Waals surface area (Å²) in [6.45, 7) is 1.90. The summed E-state index contributed by atoms with van der Waals surface area (Å²) in [6, 6.07) is 12.6. The van der Waals surface area contributed by atoms with Gasteiger partial charge in [-0.3, -0.25) is 0 Å². The Labute approximate surface area is 111 Å². The molecule has 0 aromatic heterocycles. The van der Waals surface area contributed by atoms with Crippen LogP contribution in [0.1, 0.15) is 22.8 Å². The zero-order valence-electron chi connectivity index (χ0n) is 10.4. The molecule has 0 bridgehead atoms. The largest absolute Gasteiger partial charge is 0.384 e. The zero-order chi connectivity index (χ0) is 13.1. The minimum absolute atomic E-state index is 0.329. The van der Waals surface area contributed by atoms with Crippen LogP contribution in [0.15, 0.2) is 47.4 Å². The highest BCUT2D eigenvalue weighted by molar-refractivity contribution is 7.98. The van der Waals surface area contributed by atoms with Crippen LogP contribution in [0.3, 0.4) is 0 Å². The second-order valence-electron chi connectivity index (χ2n) is 4.18. The van der Waals surface area contributed by atoms with Gasteiger partial charge in [-0.1, -0.05) is 36.4 Å². The summed E-state index contributed by atoms with van der Waals surface area (Å²) < 4.78 is 14.2. The molecule has 0 amide bonds. The van der Waals surface area contributed by atoms with Crippen LogP contribution < -0.4 is 0 Å². The maximum Gasteiger partial charge on any atom is 0.142 e. The molecule has 3 heteroatoms. The molecule has 0 heterocycles. The standard InChI is InChI=1S/C15H15FOS/c1-10-8-12(14(16)13(9-10)18-2)15(17)11-6-4-3-5-7-11/h3-9,15,17H,1-2H3. The predicted octanol–water partition coefficient (Wildman–Crippen LogP) is 3.94. The highest BCUT2D eigenvalue weighted by Gasteiger charge is 2.17. The fourth-order valence-electron chi connectivity index (χ4n) is 1.93. The Morgan fingerprint density at radius 1 is 1.17 bits per heavy atom. The number of thioether (sulfide) groups is 1. The van der Waals surface area contributed by atoms with Gasteiger partial charge in [0.15, 0.2) is 0 Å². The molecule has 94 valence electrons. The van der Waals surface area contributed by atoms with Crippen molar-refractivity contribution in [3.63, 3.8) is 0 Å². The summed E-state index contributed by atoms with van der Waals surface area (Å²) in [5.41, 5.74) is 1.99. The molecule has 0 saturated carbocycles. The van der Waals surface area contributed by atoms with Gasteiger partial charge in [-0.05, 0) is 30.4 Å². The number of hydrogen-bond acceptors (Lipinski definition) is 2. The van der Waals surface area contributed by atoms with E-state index in [0.29, 0.717) is 16.0 Å². The van der Waals surface area contributed by atoms with E-state index in [4.69, 9.17) is 0 Å². The molecular formula is C15H15FOS. The van der Waals surface area contributed by atoms with Gasteiger partial charge in [0.05, 0.1) is 0 Å². The second-order valence-corrected chi connectivity index (χ2v) is 5.03. The molecule has 2 aromatic rings. The Balaban J connectivity index is 2.48. The highest BCUT2D eigenvalue weighted by Crippen LogP contribution is 2.30. The molecule has 2 aromatic carbocycles. The van der Waals surface area contributed by atoms with Crippen molar-refractivity contribution in [1.29, 1.82) is 0 Å². The average Bonchev–Trinajstić information content (AvgIpc) is 2.41. The van der Waals surface area contributed by atoms with Crippen molar-refractivity contribution in [2.75, 3.05) is 6.26 Å². The molecule has 0 aliphatic carbocycles. The van der Waals surface area contributed by atoms with Crippen LogP contribution in [0.4, 0.5) is 4.39 Å². The lowest BCUT2D eigenvalue weighted by molar-refractivity contribution is 0.214. The topological polar surface area (TPSA) is 20.2 Å². The normalized spacial score (nSPS) is 12.4. The number of hydrogen-bond donors (Lipinski definition) is 1. The molecule has 18 heavy (non-hydrogen) atoms. The monoisotopic (exact) mass is 262 g/mol. The number of benzene rings is 2. The summed E-state index contributed by atoms with van der Waals surface area (Å²) in [4.78, 5) is 0.569. The smallest absolute Gasteiger partial charge is 0.142 e. The molecule has 0 spiro atoms. The van der Waals surface area contributed by atoms with Gasteiger partial charge >= 0.3 is 0 Å². The van der Waals surface area contributed by atoms with Crippen molar-refractivity contribution in [3.05, 3.63) is 65.0 Å². The first-order chi connectivity index (χ1) is 8.63. The van der Waals surface area contributed by atoms with Gasteiger partial charge in [-0.25, -0.2) is 4.39 Å². The zero-order valence-corrected chi connectivity index (χ0v) is 11.2. The van der Waals surface area contributed by atoms with E-state index in [2.05, 4.69) is 0 Å². The minimum atomic E-state index is -0.919. The third-order valence-electron chi connectivity index (χ3n) is 2.84. The van der Waals surface area contributed by atoms with E-state index in [1.54, 1.807) is 24.3 Å². The molecule has 0 fully saturated rings. The number of aliphatic hydroxyl groups is 1. The number of rotatable bonds is 3. The molecule has 0 radical (unpaired) electrons. The molecular weight excluding hydrogens is 247 g/mol. The SMILES string of the molecule is CSc1cc(C)cc(C(O)c2ccccc2)c1F. The summed E-state index contributed by atoms with van der Waals surface area (Å²) in [5.74, 6) is -0.329. The minimum Gasteiger partial charge on any atom is -0.384 e. The van der Waals surface area contributed by atoms with Crippen molar-refractivity contribution in [3.8, 4) is 0 Å². The third kappa shape index (κ3) is 2.57. The van der Waals surface area contributed by atoms with Crippen molar-refractivity contribution in [1.82, 2.24) is 0 Å². The summed E-state index contributed by atoms with van der Waals surface area (Å²) in [6.07, 6.45) is 0.910. The lowest BCUT2D eigenvalue weighted by atomic mass is 9.99. The number of halogens is 1. The van der Waals surface area contributed by atoms with Crippen LogP contribution in [0.25, 0.3) is 0 Å². The predicted molar refractivity (Wildman–Crippen MR) is 73.4 cm³/mol. The highest BCUT2D eigenvalue weighted by atomic mass is 32.2. The average molecular weight is 262 g/mol. The van der Waals surface area contributed by atoms with E-state index in [1.165, 1.54) is 11.8 Å². The first-order valence-electron chi connectivity index (χ1n) is 5.70. The van der Waals surface area contributed by atoms with Crippen LogP contribution in [0, 0.1) is 12.7 Å². The summed E-state index contributed by atoms with van der Waals surface area (Å²) >= 11 is 1.35. The molecule has 1 nitrogen and oxygen atoms in total. The third-order valence-corrected chi connectivity index (χ3v) is 3.58. The van der Waals surface area contributed by atoms with Gasteiger partial charge in [-0.15, -0.1) is 11.8 Å². The van der Waals surface area contributed by atoms with E-state index in [0.717, 1.165) is 5.56 Å². The Morgan fingerprint density at radius 3 is 2.44 bits per heavy atom. The van der Waals surface area contributed by atoms with Crippen molar-refractivity contribution < 1.29 is 9.50 Å².